The van der Waals surface area contributed by atoms with Gasteiger partial charge in [0.25, 0.3) is 0 Å². The Morgan fingerprint density at radius 2 is 2.00 bits per heavy atom. The van der Waals surface area contributed by atoms with Crippen LogP contribution in [0.3, 0.4) is 0 Å². The molecule has 0 rings (SSSR count). The van der Waals surface area contributed by atoms with E-state index in [0.29, 0.717) is 12.5 Å². The number of hydrogen-bond donors (Lipinski definition) is 3. The lowest BCUT2D eigenvalue weighted by molar-refractivity contribution is -0.121. The summed E-state index contributed by atoms with van der Waals surface area (Å²) in [6.45, 7) is 6.94. The third-order valence-corrected chi connectivity index (χ3v) is 2.41. The SMILES string of the molecule is COCC(O)CNCC(=O)NC(C)C(C)C. The fourth-order valence-electron chi connectivity index (χ4n) is 1.08. The molecular formula is C11H24N2O3. The molecule has 3 N–H and O–H groups in total. The van der Waals surface area contributed by atoms with E-state index in [1.165, 1.54) is 7.11 Å². The van der Waals surface area contributed by atoms with Crippen LogP contribution in [0.5, 0.6) is 0 Å². The van der Waals surface area contributed by atoms with Crippen LogP contribution < -0.4 is 10.6 Å². The summed E-state index contributed by atoms with van der Waals surface area (Å²) < 4.78 is 4.77. The quantitative estimate of drug-likeness (QED) is 0.539. The Morgan fingerprint density at radius 1 is 1.38 bits per heavy atom. The van der Waals surface area contributed by atoms with Crippen molar-refractivity contribution in [1.82, 2.24) is 10.6 Å². The van der Waals surface area contributed by atoms with Crippen molar-refractivity contribution >= 4 is 5.91 Å². The Labute approximate surface area is 97.6 Å². The van der Waals surface area contributed by atoms with Crippen molar-refractivity contribution in [3.05, 3.63) is 0 Å². The molecule has 0 radical (unpaired) electrons. The number of carbonyl (C=O) groups excluding carboxylic acids is 1. The Balaban J connectivity index is 3.58. The first-order valence-corrected chi connectivity index (χ1v) is 5.64. The fraction of sp³-hybridized carbons (Fsp3) is 0.909. The highest BCUT2D eigenvalue weighted by Gasteiger charge is 2.10. The summed E-state index contributed by atoms with van der Waals surface area (Å²) in [5.41, 5.74) is 0. The molecule has 0 aliphatic carbocycles. The van der Waals surface area contributed by atoms with Gasteiger partial charge in [-0.1, -0.05) is 13.8 Å². The van der Waals surface area contributed by atoms with Gasteiger partial charge in [0.15, 0.2) is 0 Å². The van der Waals surface area contributed by atoms with Crippen molar-refractivity contribution in [1.29, 1.82) is 0 Å². The number of rotatable bonds is 8. The molecule has 0 aliphatic heterocycles. The average molecular weight is 232 g/mol. The first-order valence-electron chi connectivity index (χ1n) is 5.64. The van der Waals surface area contributed by atoms with Gasteiger partial charge < -0.3 is 20.5 Å². The van der Waals surface area contributed by atoms with Gasteiger partial charge in [-0.3, -0.25) is 4.79 Å². The van der Waals surface area contributed by atoms with E-state index in [1.807, 2.05) is 6.92 Å². The lowest BCUT2D eigenvalue weighted by atomic mass is 10.1. The highest BCUT2D eigenvalue weighted by molar-refractivity contribution is 5.78. The molecule has 0 aliphatic rings. The van der Waals surface area contributed by atoms with Crippen LogP contribution in [0, 0.1) is 5.92 Å². The van der Waals surface area contributed by atoms with Crippen molar-refractivity contribution in [3.8, 4) is 0 Å². The highest BCUT2D eigenvalue weighted by Crippen LogP contribution is 1.98. The Kier molecular flexibility index (Phi) is 8.15. The summed E-state index contributed by atoms with van der Waals surface area (Å²) in [5, 5.41) is 15.1. The van der Waals surface area contributed by atoms with Gasteiger partial charge in [0.2, 0.25) is 5.91 Å². The van der Waals surface area contributed by atoms with Crippen molar-refractivity contribution in [2.24, 2.45) is 5.92 Å². The number of methoxy groups -OCH3 is 1. The molecule has 1 amide bonds. The van der Waals surface area contributed by atoms with E-state index in [9.17, 15) is 9.90 Å². The maximum atomic E-state index is 11.4. The second-order valence-electron chi connectivity index (χ2n) is 4.34. The highest BCUT2D eigenvalue weighted by atomic mass is 16.5. The molecule has 5 nitrogen and oxygen atoms in total. The number of amides is 1. The molecule has 96 valence electrons. The molecule has 5 heteroatoms. The topological polar surface area (TPSA) is 70.6 Å². The second kappa shape index (κ2) is 8.50. The fourth-order valence-corrected chi connectivity index (χ4v) is 1.08. The van der Waals surface area contributed by atoms with Crippen LogP contribution in [0.15, 0.2) is 0 Å². The third kappa shape index (κ3) is 7.62. The first-order chi connectivity index (χ1) is 7.47. The molecule has 0 aromatic rings. The van der Waals surface area contributed by atoms with Gasteiger partial charge in [0, 0.05) is 19.7 Å². The van der Waals surface area contributed by atoms with Crippen molar-refractivity contribution in [2.75, 3.05) is 26.8 Å². The lowest BCUT2D eigenvalue weighted by Gasteiger charge is -2.18. The number of aliphatic hydroxyl groups excluding tert-OH is 1. The molecule has 2 atom stereocenters. The average Bonchev–Trinajstić information content (AvgIpc) is 2.17. The minimum absolute atomic E-state index is 0.0502. The Morgan fingerprint density at radius 3 is 2.50 bits per heavy atom. The molecule has 0 saturated carbocycles. The van der Waals surface area contributed by atoms with E-state index < -0.39 is 6.10 Å². The van der Waals surface area contributed by atoms with Crippen LogP contribution in [-0.2, 0) is 9.53 Å². The van der Waals surface area contributed by atoms with Crippen LogP contribution >= 0.6 is 0 Å². The summed E-state index contributed by atoms with van der Waals surface area (Å²) in [5.74, 6) is 0.369. The molecule has 0 aromatic carbocycles. The standard InChI is InChI=1S/C11H24N2O3/c1-8(2)9(3)13-11(15)6-12-5-10(14)7-16-4/h8-10,12,14H,5-7H2,1-4H3,(H,13,15). The normalized spacial score (nSPS) is 14.9. The lowest BCUT2D eigenvalue weighted by Crippen LogP contribution is -2.43. The molecule has 0 aromatic heterocycles. The van der Waals surface area contributed by atoms with Crippen molar-refractivity contribution < 1.29 is 14.6 Å². The molecule has 0 saturated heterocycles. The molecule has 2 unspecified atom stereocenters. The van der Waals surface area contributed by atoms with E-state index in [1.54, 1.807) is 0 Å². The van der Waals surface area contributed by atoms with E-state index >= 15 is 0 Å². The maximum Gasteiger partial charge on any atom is 0.234 e. The smallest absolute Gasteiger partial charge is 0.234 e. The predicted octanol–water partition coefficient (Wildman–Crippen LogP) is -0.256. The molecule has 16 heavy (non-hydrogen) atoms. The second-order valence-corrected chi connectivity index (χ2v) is 4.34. The zero-order chi connectivity index (χ0) is 12.6. The van der Waals surface area contributed by atoms with Gasteiger partial charge in [-0.05, 0) is 12.8 Å². The summed E-state index contributed by atoms with van der Waals surface area (Å²) in [4.78, 5) is 11.4. The zero-order valence-electron chi connectivity index (χ0n) is 10.6. The molecular weight excluding hydrogens is 208 g/mol. The van der Waals surface area contributed by atoms with Gasteiger partial charge in [0.05, 0.1) is 19.3 Å². The minimum atomic E-state index is -0.569. The van der Waals surface area contributed by atoms with Crippen LogP contribution in [0.4, 0.5) is 0 Å². The number of nitrogens with one attached hydrogen (secondary N) is 2. The molecule has 0 spiro atoms. The van der Waals surface area contributed by atoms with Crippen molar-refractivity contribution in [2.45, 2.75) is 32.9 Å². The zero-order valence-corrected chi connectivity index (χ0v) is 10.6. The predicted molar refractivity (Wildman–Crippen MR) is 63.2 cm³/mol. The van der Waals surface area contributed by atoms with E-state index in [4.69, 9.17) is 4.74 Å². The van der Waals surface area contributed by atoms with Crippen LogP contribution in [0.25, 0.3) is 0 Å². The Bertz CT molecular complexity index is 198. The van der Waals surface area contributed by atoms with E-state index in [2.05, 4.69) is 24.5 Å². The van der Waals surface area contributed by atoms with E-state index in [-0.39, 0.29) is 25.1 Å². The first kappa shape index (κ1) is 15.3. The maximum absolute atomic E-state index is 11.4. The van der Waals surface area contributed by atoms with Crippen LogP contribution in [-0.4, -0.2) is 50.0 Å². The summed E-state index contributed by atoms with van der Waals surface area (Å²) in [6, 6.07) is 0.165. The number of hydrogen-bond acceptors (Lipinski definition) is 4. The van der Waals surface area contributed by atoms with Gasteiger partial charge in [-0.2, -0.15) is 0 Å². The monoisotopic (exact) mass is 232 g/mol. The van der Waals surface area contributed by atoms with Crippen LogP contribution in [0.1, 0.15) is 20.8 Å². The van der Waals surface area contributed by atoms with Gasteiger partial charge in [-0.25, -0.2) is 0 Å². The van der Waals surface area contributed by atoms with Gasteiger partial charge >= 0.3 is 0 Å². The summed E-state index contributed by atoms with van der Waals surface area (Å²) in [6.07, 6.45) is -0.569. The number of aliphatic hydroxyl groups is 1. The Hall–Kier alpha value is -0.650. The van der Waals surface area contributed by atoms with Gasteiger partial charge in [0.1, 0.15) is 0 Å². The number of carbonyl (C=O) groups is 1. The van der Waals surface area contributed by atoms with Crippen LogP contribution in [0.2, 0.25) is 0 Å². The largest absolute Gasteiger partial charge is 0.389 e. The third-order valence-electron chi connectivity index (χ3n) is 2.41. The molecule has 0 bridgehead atoms. The van der Waals surface area contributed by atoms with Gasteiger partial charge in [-0.15, -0.1) is 0 Å². The summed E-state index contributed by atoms with van der Waals surface area (Å²) in [7, 11) is 1.53. The van der Waals surface area contributed by atoms with Crippen molar-refractivity contribution in [3.63, 3.8) is 0 Å². The molecule has 0 fully saturated rings. The van der Waals surface area contributed by atoms with E-state index in [0.717, 1.165) is 0 Å². The minimum Gasteiger partial charge on any atom is -0.389 e. The summed E-state index contributed by atoms with van der Waals surface area (Å²) >= 11 is 0. The number of ether oxygens (including phenoxy) is 1. The molecule has 0 heterocycles.